The highest BCUT2D eigenvalue weighted by atomic mass is 35.5. The molecule has 0 bridgehead atoms. The minimum atomic E-state index is -0.414. The minimum absolute atomic E-state index is 0.310. The van der Waals surface area contributed by atoms with Crippen molar-refractivity contribution in [3.63, 3.8) is 0 Å². The third-order valence-electron chi connectivity index (χ3n) is 4.79. The first-order valence-corrected chi connectivity index (χ1v) is 11.0. The summed E-state index contributed by atoms with van der Waals surface area (Å²) in [6, 6.07) is 6.77. The van der Waals surface area contributed by atoms with Crippen LogP contribution in [0.25, 0.3) is 16.7 Å². The summed E-state index contributed by atoms with van der Waals surface area (Å²) in [6.45, 7) is 4.00. The number of rotatable bonds is 4. The lowest BCUT2D eigenvalue weighted by molar-refractivity contribution is 0.262. The van der Waals surface area contributed by atoms with E-state index < -0.39 is 6.03 Å². The van der Waals surface area contributed by atoms with Crippen LogP contribution in [0.15, 0.2) is 49.1 Å². The molecule has 4 aromatic rings. The summed E-state index contributed by atoms with van der Waals surface area (Å²) in [4.78, 5) is 22.6. The number of fused-ring (bicyclic) bond motifs is 1. The summed E-state index contributed by atoms with van der Waals surface area (Å²) in [5, 5.41) is 15.6. The number of urea groups is 1. The fourth-order valence-corrected chi connectivity index (χ4v) is 3.77. The molecule has 0 unspecified atom stereocenters. The highest BCUT2D eigenvalue weighted by Crippen LogP contribution is 2.46. The Kier molecular flexibility index (Phi) is 6.53. The summed E-state index contributed by atoms with van der Waals surface area (Å²) >= 11 is 12.5. The summed E-state index contributed by atoms with van der Waals surface area (Å²) < 4.78 is 0. The van der Waals surface area contributed by atoms with E-state index in [4.69, 9.17) is 23.2 Å². The summed E-state index contributed by atoms with van der Waals surface area (Å²) in [5.41, 5.74) is 3.03. The van der Waals surface area contributed by atoms with Crippen LogP contribution in [-0.4, -0.2) is 31.0 Å². The minimum Gasteiger partial charge on any atom is -0.306 e. The van der Waals surface area contributed by atoms with Crippen molar-refractivity contribution >= 4 is 51.5 Å². The van der Waals surface area contributed by atoms with Crippen LogP contribution < -0.4 is 10.6 Å². The van der Waals surface area contributed by atoms with E-state index in [1.165, 1.54) is 23.4 Å². The van der Waals surface area contributed by atoms with Gasteiger partial charge in [-0.1, -0.05) is 37.0 Å². The van der Waals surface area contributed by atoms with E-state index in [0.717, 1.165) is 29.3 Å². The third-order valence-corrected chi connectivity index (χ3v) is 5.31. The number of nitrogens with zero attached hydrogens (tertiary/aromatic N) is 5. The van der Waals surface area contributed by atoms with E-state index in [1.807, 2.05) is 32.0 Å². The van der Waals surface area contributed by atoms with Gasteiger partial charge in [-0.25, -0.2) is 9.78 Å². The monoisotopic (exact) mass is 469 g/mol. The number of aromatic nitrogens is 5. The first kappa shape index (κ1) is 22.0. The summed E-state index contributed by atoms with van der Waals surface area (Å²) in [6.07, 6.45) is 8.38. The zero-order valence-corrected chi connectivity index (χ0v) is 19.0. The molecule has 3 heterocycles. The molecule has 1 aliphatic rings. The normalized spacial score (nSPS) is 12.8. The Hall–Kier alpha value is -3.23. The number of benzene rings is 1. The van der Waals surface area contributed by atoms with Gasteiger partial charge < -0.3 is 10.6 Å². The standard InChI is InChI=1S/C20H15Cl2N7O.C2H6/c21-12-3-4-16-14(7-12)18(11-1-2-11)17(10-23-16)28-20(30)27-13-8-15(22)19(24-9-13)29-25-5-6-26-29;1-2/h3-11H,1-2H2,(H2,27,28,30);1-2H3. The second-order valence-corrected chi connectivity index (χ2v) is 7.79. The molecule has 0 radical (unpaired) electrons. The Morgan fingerprint density at radius 1 is 1.03 bits per heavy atom. The molecule has 2 N–H and O–H groups in total. The van der Waals surface area contributed by atoms with Gasteiger partial charge in [0.25, 0.3) is 0 Å². The van der Waals surface area contributed by atoms with Crippen LogP contribution >= 0.6 is 23.2 Å². The number of hydrogen-bond donors (Lipinski definition) is 2. The van der Waals surface area contributed by atoms with E-state index in [2.05, 4.69) is 30.8 Å². The van der Waals surface area contributed by atoms with E-state index in [0.29, 0.717) is 33.2 Å². The van der Waals surface area contributed by atoms with Gasteiger partial charge in [-0.15, -0.1) is 4.80 Å². The van der Waals surface area contributed by atoms with Crippen LogP contribution in [0.4, 0.5) is 16.2 Å². The summed E-state index contributed by atoms with van der Waals surface area (Å²) in [5.74, 6) is 0.764. The zero-order chi connectivity index (χ0) is 22.7. The average molecular weight is 470 g/mol. The molecule has 0 atom stereocenters. The van der Waals surface area contributed by atoms with Gasteiger partial charge in [0.2, 0.25) is 0 Å². The Morgan fingerprint density at radius 3 is 2.47 bits per heavy atom. The van der Waals surface area contributed by atoms with E-state index in [-0.39, 0.29) is 0 Å². The van der Waals surface area contributed by atoms with Crippen LogP contribution in [0.5, 0.6) is 0 Å². The van der Waals surface area contributed by atoms with Gasteiger partial charge in [-0.05, 0) is 48.6 Å². The fraction of sp³-hybridized carbons (Fsp3) is 0.227. The predicted molar refractivity (Wildman–Crippen MR) is 127 cm³/mol. The lowest BCUT2D eigenvalue weighted by Gasteiger charge is -2.14. The van der Waals surface area contributed by atoms with Crippen molar-refractivity contribution in [2.75, 3.05) is 10.6 Å². The van der Waals surface area contributed by atoms with Gasteiger partial charge in [0, 0.05) is 10.4 Å². The smallest absolute Gasteiger partial charge is 0.306 e. The maximum Gasteiger partial charge on any atom is 0.323 e. The maximum absolute atomic E-state index is 12.6. The fourth-order valence-electron chi connectivity index (χ4n) is 3.35. The number of carbonyl (C=O) groups is 1. The van der Waals surface area contributed by atoms with E-state index >= 15 is 0 Å². The Morgan fingerprint density at radius 2 is 1.78 bits per heavy atom. The van der Waals surface area contributed by atoms with Crippen molar-refractivity contribution in [1.82, 2.24) is 25.0 Å². The predicted octanol–water partition coefficient (Wildman–Crippen LogP) is 6.06. The highest BCUT2D eigenvalue weighted by molar-refractivity contribution is 6.32. The molecule has 1 saturated carbocycles. The largest absolute Gasteiger partial charge is 0.323 e. The number of nitrogens with one attached hydrogen (secondary N) is 2. The quantitative estimate of drug-likeness (QED) is 0.378. The van der Waals surface area contributed by atoms with Crippen molar-refractivity contribution in [2.24, 2.45) is 0 Å². The average Bonchev–Trinajstić information content (AvgIpc) is 3.47. The lowest BCUT2D eigenvalue weighted by atomic mass is 10.0. The van der Waals surface area contributed by atoms with E-state index in [9.17, 15) is 4.79 Å². The van der Waals surface area contributed by atoms with Crippen molar-refractivity contribution < 1.29 is 4.79 Å². The molecule has 1 fully saturated rings. The Balaban J connectivity index is 0.00000119. The number of pyridine rings is 2. The molecule has 10 heteroatoms. The summed E-state index contributed by atoms with van der Waals surface area (Å²) in [7, 11) is 0. The number of amides is 2. The van der Waals surface area contributed by atoms with Crippen molar-refractivity contribution in [3.8, 4) is 5.82 Å². The molecule has 0 spiro atoms. The molecule has 1 aromatic carbocycles. The number of halogens is 2. The van der Waals surface area contributed by atoms with Crippen LogP contribution in [0.2, 0.25) is 10.0 Å². The molecule has 1 aliphatic carbocycles. The van der Waals surface area contributed by atoms with Gasteiger partial charge >= 0.3 is 6.03 Å². The molecular formula is C22H21Cl2N7O. The van der Waals surface area contributed by atoms with Gasteiger partial charge in [0.1, 0.15) is 0 Å². The first-order chi connectivity index (χ1) is 15.6. The second-order valence-electron chi connectivity index (χ2n) is 6.95. The van der Waals surface area contributed by atoms with Gasteiger partial charge in [-0.2, -0.15) is 10.2 Å². The Labute approximate surface area is 195 Å². The molecule has 3 aromatic heterocycles. The topological polar surface area (TPSA) is 97.6 Å². The Bertz CT molecular complexity index is 1260. The third kappa shape index (κ3) is 4.66. The van der Waals surface area contributed by atoms with Crippen molar-refractivity contribution in [2.45, 2.75) is 32.6 Å². The van der Waals surface area contributed by atoms with Gasteiger partial charge in [0.15, 0.2) is 5.82 Å². The lowest BCUT2D eigenvalue weighted by Crippen LogP contribution is -2.20. The molecule has 8 nitrogen and oxygen atoms in total. The molecule has 0 saturated heterocycles. The van der Waals surface area contributed by atoms with E-state index in [1.54, 1.807) is 12.3 Å². The van der Waals surface area contributed by atoms with Gasteiger partial charge in [-0.3, -0.25) is 4.98 Å². The maximum atomic E-state index is 12.6. The highest BCUT2D eigenvalue weighted by Gasteiger charge is 2.29. The number of hydrogen-bond acceptors (Lipinski definition) is 5. The van der Waals surface area contributed by atoms with Crippen molar-refractivity contribution in [1.29, 1.82) is 0 Å². The van der Waals surface area contributed by atoms with Crippen molar-refractivity contribution in [3.05, 3.63) is 64.7 Å². The molecule has 32 heavy (non-hydrogen) atoms. The molecule has 5 rings (SSSR count). The zero-order valence-electron chi connectivity index (χ0n) is 17.5. The van der Waals surface area contributed by atoms with Crippen LogP contribution in [0.1, 0.15) is 38.2 Å². The molecule has 2 amide bonds. The van der Waals surface area contributed by atoms with Gasteiger partial charge in [0.05, 0.1) is 46.7 Å². The molecule has 164 valence electrons. The number of carbonyl (C=O) groups excluding carboxylic acids is 1. The SMILES string of the molecule is CC.O=C(Nc1cnc(-n2nccn2)c(Cl)c1)Nc1cnc2ccc(Cl)cc2c1C1CC1. The van der Waals surface area contributed by atoms with Crippen LogP contribution in [-0.2, 0) is 0 Å². The molecule has 0 aliphatic heterocycles. The van der Waals surface area contributed by atoms with Crippen LogP contribution in [0, 0.1) is 0 Å². The number of anilines is 2. The second kappa shape index (κ2) is 9.50. The molecular weight excluding hydrogens is 449 g/mol. The first-order valence-electron chi connectivity index (χ1n) is 10.3. The van der Waals surface area contributed by atoms with Crippen LogP contribution in [0.3, 0.4) is 0 Å².